The second-order valence-corrected chi connectivity index (χ2v) is 4.43. The van der Waals surface area contributed by atoms with Crippen LogP contribution in [-0.4, -0.2) is 17.6 Å². The van der Waals surface area contributed by atoms with Crippen LogP contribution in [-0.2, 0) is 13.0 Å². The Bertz CT molecular complexity index is 579. The highest BCUT2D eigenvalue weighted by molar-refractivity contribution is 5.89. The number of carboxylic acid groups (broad SMARTS) is 1. The van der Waals surface area contributed by atoms with E-state index in [-0.39, 0.29) is 12.2 Å². The van der Waals surface area contributed by atoms with E-state index in [2.05, 4.69) is 0 Å². The molecular formula is C16H17NO3. The molecule has 0 heterocycles. The minimum absolute atomic E-state index is 0.235. The molecule has 3 N–H and O–H groups in total. The Kier molecular flexibility index (Phi) is 4.74. The lowest BCUT2D eigenvalue weighted by Gasteiger charge is -2.09. The van der Waals surface area contributed by atoms with Crippen molar-refractivity contribution < 1.29 is 14.6 Å². The van der Waals surface area contributed by atoms with Crippen LogP contribution in [0.25, 0.3) is 0 Å². The number of benzene rings is 2. The normalized spacial score (nSPS) is 10.2. The monoisotopic (exact) mass is 271 g/mol. The Balaban J connectivity index is 2.03. The molecule has 0 unspecified atom stereocenters. The zero-order valence-corrected chi connectivity index (χ0v) is 11.1. The summed E-state index contributed by atoms with van der Waals surface area (Å²) < 4.78 is 5.62. The van der Waals surface area contributed by atoms with E-state index in [0.717, 1.165) is 12.0 Å². The van der Waals surface area contributed by atoms with E-state index in [1.54, 1.807) is 24.3 Å². The van der Waals surface area contributed by atoms with Gasteiger partial charge in [-0.2, -0.15) is 0 Å². The first kappa shape index (κ1) is 14.1. The number of aromatic carboxylic acids is 1. The summed E-state index contributed by atoms with van der Waals surface area (Å²) in [5, 5.41) is 9.09. The molecule has 104 valence electrons. The Morgan fingerprint density at radius 2 is 1.80 bits per heavy atom. The van der Waals surface area contributed by atoms with Gasteiger partial charge in [0.1, 0.15) is 12.4 Å². The largest absolute Gasteiger partial charge is 0.489 e. The lowest BCUT2D eigenvalue weighted by molar-refractivity contribution is 0.0694. The van der Waals surface area contributed by atoms with Gasteiger partial charge in [-0.3, -0.25) is 0 Å². The number of ether oxygens (including phenoxy) is 1. The van der Waals surface area contributed by atoms with Crippen LogP contribution in [0.3, 0.4) is 0 Å². The van der Waals surface area contributed by atoms with Gasteiger partial charge >= 0.3 is 5.97 Å². The van der Waals surface area contributed by atoms with Crippen molar-refractivity contribution in [1.29, 1.82) is 0 Å². The van der Waals surface area contributed by atoms with Gasteiger partial charge in [0.05, 0.1) is 5.56 Å². The highest BCUT2D eigenvalue weighted by Crippen LogP contribution is 2.16. The summed E-state index contributed by atoms with van der Waals surface area (Å²) in [5.41, 5.74) is 7.58. The SMILES string of the molecule is NCCc1ccc(OCc2ccccc2C(=O)O)cc1. The molecule has 20 heavy (non-hydrogen) atoms. The van der Waals surface area contributed by atoms with Crippen molar-refractivity contribution in [3.8, 4) is 5.75 Å². The third kappa shape index (κ3) is 3.59. The number of carbonyl (C=O) groups is 1. The van der Waals surface area contributed by atoms with Crippen molar-refractivity contribution in [2.75, 3.05) is 6.54 Å². The topological polar surface area (TPSA) is 72.5 Å². The Morgan fingerprint density at radius 3 is 2.45 bits per heavy atom. The average molecular weight is 271 g/mol. The minimum atomic E-state index is -0.942. The predicted octanol–water partition coefficient (Wildman–Crippen LogP) is 2.46. The van der Waals surface area contributed by atoms with Crippen LogP contribution in [0.15, 0.2) is 48.5 Å². The van der Waals surface area contributed by atoms with Crippen molar-refractivity contribution in [2.45, 2.75) is 13.0 Å². The quantitative estimate of drug-likeness (QED) is 0.846. The second kappa shape index (κ2) is 6.73. The first-order valence-corrected chi connectivity index (χ1v) is 6.43. The smallest absolute Gasteiger partial charge is 0.336 e. The van der Waals surface area contributed by atoms with Gasteiger partial charge in [-0.05, 0) is 36.7 Å². The number of hydrogen-bond acceptors (Lipinski definition) is 3. The maximum Gasteiger partial charge on any atom is 0.336 e. The van der Waals surface area contributed by atoms with Crippen LogP contribution in [0.5, 0.6) is 5.75 Å². The highest BCUT2D eigenvalue weighted by Gasteiger charge is 2.09. The maximum atomic E-state index is 11.1. The molecule has 0 radical (unpaired) electrons. The fourth-order valence-corrected chi connectivity index (χ4v) is 1.93. The van der Waals surface area contributed by atoms with Gasteiger partial charge in [-0.1, -0.05) is 30.3 Å². The van der Waals surface area contributed by atoms with Crippen molar-refractivity contribution in [3.05, 3.63) is 65.2 Å². The van der Waals surface area contributed by atoms with Crippen molar-refractivity contribution in [1.82, 2.24) is 0 Å². The Labute approximate surface area is 117 Å². The summed E-state index contributed by atoms with van der Waals surface area (Å²) in [6.07, 6.45) is 0.835. The van der Waals surface area contributed by atoms with Crippen molar-refractivity contribution >= 4 is 5.97 Å². The van der Waals surface area contributed by atoms with E-state index in [1.165, 1.54) is 0 Å². The molecule has 2 aromatic rings. The molecule has 0 aliphatic carbocycles. The standard InChI is InChI=1S/C16H17NO3/c17-10-9-12-5-7-14(8-6-12)20-11-13-3-1-2-4-15(13)16(18)19/h1-8H,9-11,17H2,(H,18,19). The molecular weight excluding hydrogens is 254 g/mol. The van der Waals surface area contributed by atoms with Crippen LogP contribution < -0.4 is 10.5 Å². The summed E-state index contributed by atoms with van der Waals surface area (Å²) in [6.45, 7) is 0.852. The van der Waals surface area contributed by atoms with Crippen LogP contribution in [0.4, 0.5) is 0 Å². The molecule has 0 amide bonds. The molecule has 0 aliphatic heterocycles. The van der Waals surface area contributed by atoms with E-state index >= 15 is 0 Å². The molecule has 0 saturated carbocycles. The van der Waals surface area contributed by atoms with E-state index < -0.39 is 5.97 Å². The number of nitrogens with two attached hydrogens (primary N) is 1. The minimum Gasteiger partial charge on any atom is -0.489 e. The van der Waals surface area contributed by atoms with Crippen LogP contribution in [0.1, 0.15) is 21.5 Å². The fraction of sp³-hybridized carbons (Fsp3) is 0.188. The van der Waals surface area contributed by atoms with Gasteiger partial charge in [0, 0.05) is 5.56 Å². The van der Waals surface area contributed by atoms with Gasteiger partial charge in [0.25, 0.3) is 0 Å². The van der Waals surface area contributed by atoms with E-state index in [0.29, 0.717) is 17.9 Å². The summed E-state index contributed by atoms with van der Waals surface area (Å²) in [7, 11) is 0. The average Bonchev–Trinajstić information content (AvgIpc) is 2.47. The Hall–Kier alpha value is -2.33. The van der Waals surface area contributed by atoms with Crippen LogP contribution >= 0.6 is 0 Å². The maximum absolute atomic E-state index is 11.1. The predicted molar refractivity (Wildman–Crippen MR) is 76.9 cm³/mol. The first-order valence-electron chi connectivity index (χ1n) is 6.43. The zero-order valence-electron chi connectivity index (χ0n) is 11.1. The zero-order chi connectivity index (χ0) is 14.4. The van der Waals surface area contributed by atoms with Gasteiger partial charge in [-0.25, -0.2) is 4.79 Å². The lowest BCUT2D eigenvalue weighted by atomic mass is 10.1. The molecule has 0 bridgehead atoms. The summed E-state index contributed by atoms with van der Waals surface area (Å²) >= 11 is 0. The highest BCUT2D eigenvalue weighted by atomic mass is 16.5. The number of rotatable bonds is 6. The molecule has 2 rings (SSSR count). The number of hydrogen-bond donors (Lipinski definition) is 2. The van der Waals surface area contributed by atoms with Gasteiger partial charge in [-0.15, -0.1) is 0 Å². The molecule has 2 aromatic carbocycles. The summed E-state index contributed by atoms with van der Waals surface area (Å²) in [5.74, 6) is -0.228. The van der Waals surface area contributed by atoms with Crippen molar-refractivity contribution in [3.63, 3.8) is 0 Å². The van der Waals surface area contributed by atoms with E-state index in [1.807, 2.05) is 24.3 Å². The first-order chi connectivity index (χ1) is 9.70. The van der Waals surface area contributed by atoms with Crippen LogP contribution in [0.2, 0.25) is 0 Å². The molecule has 0 atom stereocenters. The fourth-order valence-electron chi connectivity index (χ4n) is 1.93. The van der Waals surface area contributed by atoms with Gasteiger partial charge < -0.3 is 15.6 Å². The lowest BCUT2D eigenvalue weighted by Crippen LogP contribution is -2.05. The Morgan fingerprint density at radius 1 is 1.10 bits per heavy atom. The molecule has 0 aliphatic rings. The molecule has 0 spiro atoms. The van der Waals surface area contributed by atoms with E-state index in [4.69, 9.17) is 15.6 Å². The third-order valence-electron chi connectivity index (χ3n) is 3.00. The number of carboxylic acids is 1. The van der Waals surface area contributed by atoms with Crippen LogP contribution in [0, 0.1) is 0 Å². The molecule has 0 aromatic heterocycles. The molecule has 0 fully saturated rings. The summed E-state index contributed by atoms with van der Waals surface area (Å²) in [6, 6.07) is 14.5. The summed E-state index contributed by atoms with van der Waals surface area (Å²) in [4.78, 5) is 11.1. The molecule has 4 heteroatoms. The van der Waals surface area contributed by atoms with E-state index in [9.17, 15) is 4.79 Å². The molecule has 0 saturated heterocycles. The third-order valence-corrected chi connectivity index (χ3v) is 3.00. The van der Waals surface area contributed by atoms with Gasteiger partial charge in [0.15, 0.2) is 0 Å². The van der Waals surface area contributed by atoms with Crippen molar-refractivity contribution in [2.24, 2.45) is 5.73 Å². The van der Waals surface area contributed by atoms with Gasteiger partial charge in [0.2, 0.25) is 0 Å². The second-order valence-electron chi connectivity index (χ2n) is 4.43. The molecule has 4 nitrogen and oxygen atoms in total.